The molecule has 0 aromatic heterocycles. The van der Waals surface area contributed by atoms with E-state index in [2.05, 4.69) is 0 Å². The minimum Gasteiger partial charge on any atom is -0.493 e. The first-order valence-corrected chi connectivity index (χ1v) is 11.0. The molecule has 2 rings (SSSR count). The van der Waals surface area contributed by atoms with Crippen molar-refractivity contribution >= 4 is 24.1 Å². The van der Waals surface area contributed by atoms with E-state index in [1.54, 1.807) is 36.4 Å². The SMILES string of the molecule is COc1cc(C=CC(=O)O)ccc1OCCOCCOCCOc1ccc(C=CC(=O)O)cc1OC. The Morgan fingerprint density at radius 3 is 1.39 bits per heavy atom. The van der Waals surface area contributed by atoms with Crippen LogP contribution in [-0.2, 0) is 19.1 Å². The third-order valence-corrected chi connectivity index (χ3v) is 4.55. The summed E-state index contributed by atoms with van der Waals surface area (Å²) < 4.78 is 32.9. The minimum absolute atomic E-state index is 0.307. The van der Waals surface area contributed by atoms with Crippen molar-refractivity contribution in [3.8, 4) is 23.0 Å². The molecule has 0 aliphatic rings. The first kappa shape index (κ1) is 28.2. The van der Waals surface area contributed by atoms with Gasteiger partial charge in [0.1, 0.15) is 13.2 Å². The number of hydrogen-bond acceptors (Lipinski definition) is 8. The Morgan fingerprint density at radius 2 is 1.03 bits per heavy atom. The summed E-state index contributed by atoms with van der Waals surface area (Å²) in [6.45, 7) is 2.08. The minimum atomic E-state index is -1.03. The van der Waals surface area contributed by atoms with Crippen LogP contribution in [0.5, 0.6) is 23.0 Å². The molecule has 0 heterocycles. The summed E-state index contributed by atoms with van der Waals surface area (Å²) >= 11 is 0. The van der Waals surface area contributed by atoms with Gasteiger partial charge in [-0.1, -0.05) is 12.1 Å². The summed E-state index contributed by atoms with van der Waals surface area (Å²) in [6.07, 6.45) is 5.04. The summed E-state index contributed by atoms with van der Waals surface area (Å²) in [5, 5.41) is 17.4. The zero-order valence-corrected chi connectivity index (χ0v) is 20.2. The second-order valence-electron chi connectivity index (χ2n) is 7.09. The number of ether oxygens (including phenoxy) is 6. The van der Waals surface area contributed by atoms with Gasteiger partial charge >= 0.3 is 11.9 Å². The molecule has 0 spiro atoms. The van der Waals surface area contributed by atoms with E-state index in [9.17, 15) is 9.59 Å². The third kappa shape index (κ3) is 10.5. The molecule has 2 aromatic carbocycles. The molecule has 0 aliphatic heterocycles. The van der Waals surface area contributed by atoms with E-state index in [0.717, 1.165) is 12.2 Å². The van der Waals surface area contributed by atoms with Crippen LogP contribution in [0.15, 0.2) is 48.6 Å². The maximum atomic E-state index is 10.6. The lowest BCUT2D eigenvalue weighted by Gasteiger charge is -2.12. The monoisotopic (exact) mass is 502 g/mol. The van der Waals surface area contributed by atoms with Crippen molar-refractivity contribution in [3.05, 3.63) is 59.7 Å². The summed E-state index contributed by atoms with van der Waals surface area (Å²) in [5.41, 5.74) is 1.37. The molecule has 0 bridgehead atoms. The summed E-state index contributed by atoms with van der Waals surface area (Å²) in [4.78, 5) is 21.3. The molecular formula is C26H30O10. The van der Waals surface area contributed by atoms with Crippen LogP contribution in [0, 0.1) is 0 Å². The summed E-state index contributed by atoms with van der Waals surface area (Å²) in [7, 11) is 3.02. The molecule has 36 heavy (non-hydrogen) atoms. The topological polar surface area (TPSA) is 130 Å². The molecule has 0 aliphatic carbocycles. The predicted octanol–water partition coefficient (Wildman–Crippen LogP) is 3.39. The maximum absolute atomic E-state index is 10.6. The van der Waals surface area contributed by atoms with Gasteiger partial charge in [-0.25, -0.2) is 9.59 Å². The lowest BCUT2D eigenvalue weighted by molar-refractivity contribution is -0.132. The Morgan fingerprint density at radius 1 is 0.639 bits per heavy atom. The van der Waals surface area contributed by atoms with Crippen LogP contribution >= 0.6 is 0 Å². The van der Waals surface area contributed by atoms with Crippen LogP contribution in [0.3, 0.4) is 0 Å². The molecule has 0 saturated carbocycles. The molecule has 2 N–H and O–H groups in total. The van der Waals surface area contributed by atoms with Crippen LogP contribution in [0.4, 0.5) is 0 Å². The van der Waals surface area contributed by atoms with Crippen LogP contribution in [0.1, 0.15) is 11.1 Å². The van der Waals surface area contributed by atoms with Gasteiger partial charge in [-0.2, -0.15) is 0 Å². The second-order valence-corrected chi connectivity index (χ2v) is 7.09. The van der Waals surface area contributed by atoms with Crippen molar-refractivity contribution in [1.29, 1.82) is 0 Å². The van der Waals surface area contributed by atoms with Gasteiger partial charge in [-0.15, -0.1) is 0 Å². The largest absolute Gasteiger partial charge is 0.493 e. The zero-order valence-electron chi connectivity index (χ0n) is 20.2. The van der Waals surface area contributed by atoms with E-state index in [1.165, 1.54) is 26.4 Å². The fraction of sp³-hybridized carbons (Fsp3) is 0.308. The number of carbonyl (C=O) groups is 2. The molecule has 0 unspecified atom stereocenters. The fourth-order valence-corrected chi connectivity index (χ4v) is 2.89. The third-order valence-electron chi connectivity index (χ3n) is 4.55. The Hall–Kier alpha value is -4.02. The number of carboxylic acids is 2. The van der Waals surface area contributed by atoms with Crippen molar-refractivity contribution in [2.75, 3.05) is 53.9 Å². The number of aliphatic carboxylic acids is 2. The maximum Gasteiger partial charge on any atom is 0.328 e. The van der Waals surface area contributed by atoms with E-state index in [0.29, 0.717) is 73.8 Å². The fourth-order valence-electron chi connectivity index (χ4n) is 2.89. The Labute approximate surface area is 209 Å². The number of benzene rings is 2. The highest BCUT2D eigenvalue weighted by atomic mass is 16.6. The molecule has 194 valence electrons. The summed E-state index contributed by atoms with van der Waals surface area (Å²) in [6, 6.07) is 10.2. The molecule has 0 saturated heterocycles. The number of hydrogen-bond donors (Lipinski definition) is 2. The molecule has 10 heteroatoms. The molecule has 0 amide bonds. The van der Waals surface area contributed by atoms with E-state index in [1.807, 2.05) is 0 Å². The number of carboxylic acid groups (broad SMARTS) is 2. The lowest BCUT2D eigenvalue weighted by atomic mass is 10.2. The van der Waals surface area contributed by atoms with Crippen LogP contribution < -0.4 is 18.9 Å². The van der Waals surface area contributed by atoms with Crippen molar-refractivity contribution in [2.24, 2.45) is 0 Å². The molecule has 2 aromatic rings. The Bertz CT molecular complexity index is 962. The van der Waals surface area contributed by atoms with Gasteiger partial charge in [0.15, 0.2) is 23.0 Å². The van der Waals surface area contributed by atoms with Crippen LogP contribution in [-0.4, -0.2) is 76.0 Å². The van der Waals surface area contributed by atoms with Gasteiger partial charge in [0.05, 0.1) is 40.6 Å². The van der Waals surface area contributed by atoms with Gasteiger partial charge in [0.2, 0.25) is 0 Å². The van der Waals surface area contributed by atoms with E-state index >= 15 is 0 Å². The zero-order chi connectivity index (χ0) is 26.2. The highest BCUT2D eigenvalue weighted by Gasteiger charge is 2.06. The predicted molar refractivity (Wildman–Crippen MR) is 132 cm³/mol. The molecule has 0 atom stereocenters. The van der Waals surface area contributed by atoms with Gasteiger partial charge in [-0.3, -0.25) is 0 Å². The Balaban J connectivity index is 1.61. The molecule has 0 fully saturated rings. The normalized spacial score (nSPS) is 11.1. The van der Waals surface area contributed by atoms with Crippen molar-refractivity contribution in [3.63, 3.8) is 0 Å². The Kier molecular flexibility index (Phi) is 12.4. The molecular weight excluding hydrogens is 472 g/mol. The highest BCUT2D eigenvalue weighted by molar-refractivity contribution is 5.86. The van der Waals surface area contributed by atoms with E-state index in [-0.39, 0.29) is 0 Å². The smallest absolute Gasteiger partial charge is 0.328 e. The van der Waals surface area contributed by atoms with Gasteiger partial charge in [0.25, 0.3) is 0 Å². The van der Waals surface area contributed by atoms with E-state index in [4.69, 9.17) is 38.6 Å². The first-order valence-electron chi connectivity index (χ1n) is 11.0. The highest BCUT2D eigenvalue weighted by Crippen LogP contribution is 2.29. The lowest BCUT2D eigenvalue weighted by Crippen LogP contribution is -2.13. The standard InChI is InChI=1S/C26H30O10/c1-31-23-17-19(5-9-25(27)28)3-7-21(23)35-15-13-33-11-12-34-14-16-36-22-8-4-20(6-10-26(29)30)18-24(22)32-2/h3-10,17-18H,11-16H2,1-2H3,(H,27,28)(H,29,30). The number of methoxy groups -OCH3 is 2. The van der Waals surface area contributed by atoms with Crippen LogP contribution in [0.2, 0.25) is 0 Å². The quantitative estimate of drug-likeness (QED) is 0.245. The average molecular weight is 503 g/mol. The van der Waals surface area contributed by atoms with Crippen molar-refractivity contribution in [1.82, 2.24) is 0 Å². The van der Waals surface area contributed by atoms with Gasteiger partial charge in [0, 0.05) is 12.2 Å². The first-order chi connectivity index (χ1) is 17.4. The molecule has 10 nitrogen and oxygen atoms in total. The van der Waals surface area contributed by atoms with Crippen LogP contribution in [0.25, 0.3) is 12.2 Å². The number of rotatable bonds is 17. The van der Waals surface area contributed by atoms with E-state index < -0.39 is 11.9 Å². The van der Waals surface area contributed by atoms with Gasteiger partial charge in [-0.05, 0) is 47.5 Å². The summed E-state index contributed by atoms with van der Waals surface area (Å²) in [5.74, 6) is -0.00135. The average Bonchev–Trinajstić information content (AvgIpc) is 2.87. The molecule has 0 radical (unpaired) electrons. The van der Waals surface area contributed by atoms with Gasteiger partial charge < -0.3 is 38.6 Å². The second kappa shape index (κ2) is 15.8. The van der Waals surface area contributed by atoms with Crippen molar-refractivity contribution in [2.45, 2.75) is 0 Å². The van der Waals surface area contributed by atoms with Crippen molar-refractivity contribution < 1.29 is 48.2 Å².